The Balaban J connectivity index is 2.17. The van der Waals surface area contributed by atoms with Gasteiger partial charge in [0.1, 0.15) is 12.2 Å². The van der Waals surface area contributed by atoms with Crippen LogP contribution >= 0.6 is 0 Å². The number of hydrogen-bond donors (Lipinski definition) is 1. The lowest BCUT2D eigenvalue weighted by Crippen LogP contribution is -2.16. The molecule has 0 saturated heterocycles. The van der Waals surface area contributed by atoms with E-state index in [9.17, 15) is 9.59 Å². The van der Waals surface area contributed by atoms with Gasteiger partial charge in [-0.15, -0.1) is 0 Å². The molecule has 5 heteroatoms. The number of amides is 1. The van der Waals surface area contributed by atoms with Crippen molar-refractivity contribution in [1.29, 1.82) is 5.26 Å². The van der Waals surface area contributed by atoms with Gasteiger partial charge in [0, 0.05) is 0 Å². The zero-order valence-corrected chi connectivity index (χ0v) is 12.0. The molecule has 0 aromatic heterocycles. The van der Waals surface area contributed by atoms with Gasteiger partial charge in [-0.25, -0.2) is 4.79 Å². The molecule has 110 valence electrons. The summed E-state index contributed by atoms with van der Waals surface area (Å²) in [5, 5.41) is 11.0. The molecule has 0 unspecified atom stereocenters. The Hall–Kier alpha value is -3.13. The average Bonchev–Trinajstić information content (AvgIpc) is 2.50. The van der Waals surface area contributed by atoms with E-state index in [4.69, 9.17) is 10.00 Å². The molecule has 22 heavy (non-hydrogen) atoms. The van der Waals surface area contributed by atoms with Crippen LogP contribution in [-0.2, 0) is 4.79 Å². The molecule has 1 amide bonds. The number of hydrogen-bond acceptors (Lipinski definition) is 4. The zero-order valence-electron chi connectivity index (χ0n) is 12.0. The Morgan fingerprint density at radius 1 is 1.14 bits per heavy atom. The van der Waals surface area contributed by atoms with Crippen molar-refractivity contribution in [1.82, 2.24) is 0 Å². The molecule has 5 nitrogen and oxygen atoms in total. The highest BCUT2D eigenvalue weighted by molar-refractivity contribution is 6.02. The van der Waals surface area contributed by atoms with E-state index in [2.05, 4.69) is 5.32 Å². The van der Waals surface area contributed by atoms with Crippen LogP contribution in [0.1, 0.15) is 22.3 Å². The number of nitrogens with one attached hydrogen (secondary N) is 1. The van der Waals surface area contributed by atoms with Crippen molar-refractivity contribution in [3.05, 3.63) is 59.7 Å². The Kier molecular flexibility index (Phi) is 4.89. The lowest BCUT2D eigenvalue weighted by Gasteiger charge is -2.10. The molecule has 0 heterocycles. The van der Waals surface area contributed by atoms with Gasteiger partial charge in [-0.2, -0.15) is 5.26 Å². The molecular formula is C17H14N2O3. The van der Waals surface area contributed by atoms with Gasteiger partial charge in [-0.3, -0.25) is 4.79 Å². The van der Waals surface area contributed by atoms with Crippen molar-refractivity contribution in [2.75, 3.05) is 5.32 Å². The summed E-state index contributed by atoms with van der Waals surface area (Å²) in [6.07, 6.45) is -0.276. The Bertz CT molecular complexity index is 730. The predicted octanol–water partition coefficient (Wildman–Crippen LogP) is 3.07. The number of anilines is 1. The first-order valence-corrected chi connectivity index (χ1v) is 6.65. The van der Waals surface area contributed by atoms with Gasteiger partial charge < -0.3 is 10.1 Å². The van der Waals surface area contributed by atoms with Gasteiger partial charge >= 0.3 is 5.97 Å². The standard InChI is InChI=1S/C17H14N2O3/c1-12-6-8-13(9-7-12)22-17(21)14-4-2-3-5-15(14)19-16(20)10-11-18/h2-9H,10H2,1H3,(H,19,20). The Labute approximate surface area is 128 Å². The molecule has 0 atom stereocenters. The molecule has 1 N–H and O–H groups in total. The molecule has 0 bridgehead atoms. The van der Waals surface area contributed by atoms with Gasteiger partial charge in [-0.05, 0) is 31.2 Å². The number of rotatable bonds is 4. The van der Waals surface area contributed by atoms with Crippen LogP contribution in [0.4, 0.5) is 5.69 Å². The van der Waals surface area contributed by atoms with Crippen molar-refractivity contribution in [3.8, 4) is 11.8 Å². The van der Waals surface area contributed by atoms with Gasteiger partial charge in [0.15, 0.2) is 0 Å². The van der Waals surface area contributed by atoms with Crippen molar-refractivity contribution >= 4 is 17.6 Å². The zero-order chi connectivity index (χ0) is 15.9. The topological polar surface area (TPSA) is 79.2 Å². The van der Waals surface area contributed by atoms with Crippen LogP contribution in [0.25, 0.3) is 0 Å². The van der Waals surface area contributed by atoms with E-state index in [-0.39, 0.29) is 12.0 Å². The molecule has 0 aliphatic rings. The van der Waals surface area contributed by atoms with Crippen LogP contribution < -0.4 is 10.1 Å². The SMILES string of the molecule is Cc1ccc(OC(=O)c2ccccc2NC(=O)CC#N)cc1. The first kappa shape index (κ1) is 15.3. The highest BCUT2D eigenvalue weighted by atomic mass is 16.5. The second-order valence-corrected chi connectivity index (χ2v) is 4.63. The van der Waals surface area contributed by atoms with E-state index >= 15 is 0 Å². The number of nitrogens with zero attached hydrogens (tertiary/aromatic N) is 1. The number of esters is 1. The molecule has 2 aromatic carbocycles. The third-order valence-electron chi connectivity index (χ3n) is 2.89. The summed E-state index contributed by atoms with van der Waals surface area (Å²) in [6.45, 7) is 1.94. The van der Waals surface area contributed by atoms with Crippen molar-refractivity contribution < 1.29 is 14.3 Å². The number of aryl methyl sites for hydroxylation is 1. The summed E-state index contributed by atoms with van der Waals surface area (Å²) >= 11 is 0. The molecule has 0 fully saturated rings. The minimum atomic E-state index is -0.572. The van der Waals surface area contributed by atoms with Crippen LogP contribution in [0.5, 0.6) is 5.75 Å². The number of para-hydroxylation sites is 1. The van der Waals surface area contributed by atoms with Crippen LogP contribution in [0.3, 0.4) is 0 Å². The first-order valence-electron chi connectivity index (χ1n) is 6.65. The van der Waals surface area contributed by atoms with E-state index < -0.39 is 11.9 Å². The van der Waals surface area contributed by atoms with Crippen molar-refractivity contribution in [2.24, 2.45) is 0 Å². The Morgan fingerprint density at radius 3 is 2.50 bits per heavy atom. The maximum Gasteiger partial charge on any atom is 0.345 e. The number of ether oxygens (including phenoxy) is 1. The van der Waals surface area contributed by atoms with Gasteiger partial charge in [0.05, 0.1) is 17.3 Å². The largest absolute Gasteiger partial charge is 0.423 e. The maximum atomic E-state index is 12.2. The van der Waals surface area contributed by atoms with Gasteiger partial charge in [-0.1, -0.05) is 29.8 Å². The molecule has 0 aliphatic heterocycles. The number of carbonyl (C=O) groups is 2. The fraction of sp³-hybridized carbons (Fsp3) is 0.118. The number of nitriles is 1. The molecular weight excluding hydrogens is 280 g/mol. The highest BCUT2D eigenvalue weighted by Crippen LogP contribution is 2.19. The molecule has 2 rings (SSSR count). The summed E-state index contributed by atoms with van der Waals surface area (Å²) in [5.74, 6) is -0.622. The van der Waals surface area contributed by atoms with E-state index in [1.54, 1.807) is 42.5 Å². The number of carbonyl (C=O) groups excluding carboxylic acids is 2. The molecule has 0 radical (unpaired) electrons. The summed E-state index contributed by atoms with van der Waals surface area (Å²) in [6, 6.07) is 15.3. The normalized spacial score (nSPS) is 9.64. The molecule has 0 saturated carbocycles. The predicted molar refractivity (Wildman–Crippen MR) is 81.4 cm³/mol. The molecule has 0 spiro atoms. The van der Waals surface area contributed by atoms with Crippen LogP contribution in [0.2, 0.25) is 0 Å². The third kappa shape index (κ3) is 3.93. The summed E-state index contributed by atoms with van der Waals surface area (Å²) < 4.78 is 5.28. The monoisotopic (exact) mass is 294 g/mol. The number of benzene rings is 2. The summed E-state index contributed by atoms with van der Waals surface area (Å²) in [4.78, 5) is 23.7. The van der Waals surface area contributed by atoms with Gasteiger partial charge in [0.2, 0.25) is 5.91 Å². The van der Waals surface area contributed by atoms with E-state index in [1.807, 2.05) is 19.1 Å². The fourth-order valence-corrected chi connectivity index (χ4v) is 1.80. The van der Waals surface area contributed by atoms with Crippen LogP contribution in [0.15, 0.2) is 48.5 Å². The van der Waals surface area contributed by atoms with Crippen molar-refractivity contribution in [3.63, 3.8) is 0 Å². The van der Waals surface area contributed by atoms with Crippen LogP contribution in [-0.4, -0.2) is 11.9 Å². The minimum Gasteiger partial charge on any atom is -0.423 e. The molecule has 2 aromatic rings. The lowest BCUT2D eigenvalue weighted by molar-refractivity contribution is -0.115. The first-order chi connectivity index (χ1) is 10.6. The Morgan fingerprint density at radius 2 is 1.82 bits per heavy atom. The quantitative estimate of drug-likeness (QED) is 0.694. The van der Waals surface area contributed by atoms with E-state index in [0.717, 1.165) is 5.56 Å². The second-order valence-electron chi connectivity index (χ2n) is 4.63. The minimum absolute atomic E-state index is 0.231. The van der Waals surface area contributed by atoms with Crippen LogP contribution in [0, 0.1) is 18.3 Å². The second kappa shape index (κ2) is 7.04. The third-order valence-corrected chi connectivity index (χ3v) is 2.89. The average molecular weight is 294 g/mol. The fourth-order valence-electron chi connectivity index (χ4n) is 1.80. The van der Waals surface area contributed by atoms with E-state index in [1.165, 1.54) is 0 Å². The van der Waals surface area contributed by atoms with Gasteiger partial charge in [0.25, 0.3) is 0 Å². The summed E-state index contributed by atoms with van der Waals surface area (Å²) in [5.41, 5.74) is 1.61. The van der Waals surface area contributed by atoms with E-state index in [0.29, 0.717) is 11.4 Å². The lowest BCUT2D eigenvalue weighted by atomic mass is 10.1. The molecule has 0 aliphatic carbocycles. The smallest absolute Gasteiger partial charge is 0.345 e. The maximum absolute atomic E-state index is 12.2. The highest BCUT2D eigenvalue weighted by Gasteiger charge is 2.15. The van der Waals surface area contributed by atoms with Crippen molar-refractivity contribution in [2.45, 2.75) is 13.3 Å². The summed E-state index contributed by atoms with van der Waals surface area (Å²) in [7, 11) is 0.